The molecule has 1 unspecified atom stereocenters. The molecule has 0 aliphatic carbocycles. The van der Waals surface area contributed by atoms with Gasteiger partial charge in [0.05, 0.1) is 5.56 Å². The number of aryl methyl sites for hydroxylation is 1. The maximum Gasteiger partial charge on any atom is 0.173 e. The summed E-state index contributed by atoms with van der Waals surface area (Å²) in [5.41, 5.74) is 7.39. The Balaban J connectivity index is 2.33. The van der Waals surface area contributed by atoms with Crippen LogP contribution in [0.2, 0.25) is 0 Å². The number of pyridine rings is 1. The lowest BCUT2D eigenvalue weighted by atomic mass is 10.0. The highest BCUT2D eigenvalue weighted by Gasteiger charge is 2.24. The van der Waals surface area contributed by atoms with E-state index >= 15 is 0 Å². The van der Waals surface area contributed by atoms with E-state index in [0.717, 1.165) is 31.0 Å². The van der Waals surface area contributed by atoms with Crippen LogP contribution >= 0.6 is 0 Å². The third-order valence-electron chi connectivity index (χ3n) is 3.82. The number of hydrogen-bond donors (Lipinski definition) is 2. The molecule has 6 nitrogen and oxygen atoms in total. The van der Waals surface area contributed by atoms with Crippen molar-refractivity contribution in [2.24, 2.45) is 10.9 Å². The van der Waals surface area contributed by atoms with Crippen LogP contribution < -0.4 is 10.6 Å². The van der Waals surface area contributed by atoms with Gasteiger partial charge in [-0.15, -0.1) is 0 Å². The molecule has 0 amide bonds. The Hall–Kier alpha value is -1.82. The van der Waals surface area contributed by atoms with Gasteiger partial charge >= 0.3 is 0 Å². The molecule has 1 fully saturated rings. The molecule has 1 atom stereocenters. The number of nitrogens with zero attached hydrogens (tertiary/aromatic N) is 4. The summed E-state index contributed by atoms with van der Waals surface area (Å²) in [6.07, 6.45) is 2.31. The number of hydrogen-bond acceptors (Lipinski definition) is 5. The van der Waals surface area contributed by atoms with Crippen LogP contribution in [0.3, 0.4) is 0 Å². The number of amidine groups is 1. The van der Waals surface area contributed by atoms with Gasteiger partial charge in [-0.1, -0.05) is 5.16 Å². The van der Waals surface area contributed by atoms with E-state index in [4.69, 9.17) is 10.9 Å². The average molecular weight is 277 g/mol. The SMILES string of the molecule is Cc1ccc(C(N)=NO)c(N2CCCC(N(C)C)C2)n1. The third-order valence-corrected chi connectivity index (χ3v) is 3.82. The lowest BCUT2D eigenvalue weighted by Crippen LogP contribution is -2.46. The molecule has 0 saturated carbocycles. The maximum atomic E-state index is 8.93. The molecule has 1 aromatic heterocycles. The van der Waals surface area contributed by atoms with Gasteiger partial charge in [0.15, 0.2) is 5.84 Å². The molecule has 0 bridgehead atoms. The van der Waals surface area contributed by atoms with Crippen LogP contribution in [-0.4, -0.2) is 54.2 Å². The summed E-state index contributed by atoms with van der Waals surface area (Å²) in [5.74, 6) is 0.923. The summed E-state index contributed by atoms with van der Waals surface area (Å²) >= 11 is 0. The van der Waals surface area contributed by atoms with Crippen LogP contribution in [0.25, 0.3) is 0 Å². The first-order chi connectivity index (χ1) is 9.52. The van der Waals surface area contributed by atoms with Gasteiger partial charge in [-0.3, -0.25) is 0 Å². The normalized spacial score (nSPS) is 20.5. The standard InChI is InChI=1S/C14H23N5O/c1-10-6-7-12(13(15)17-20)14(16-10)19-8-4-5-11(9-19)18(2)3/h6-7,11,20H,4-5,8-9H2,1-3H3,(H2,15,17). The molecular formula is C14H23N5O. The summed E-state index contributed by atoms with van der Waals surface area (Å²) in [6, 6.07) is 4.25. The van der Waals surface area contributed by atoms with Crippen LogP contribution in [0.5, 0.6) is 0 Å². The van der Waals surface area contributed by atoms with E-state index in [1.807, 2.05) is 19.1 Å². The monoisotopic (exact) mass is 277 g/mol. The van der Waals surface area contributed by atoms with E-state index in [2.05, 4.69) is 34.0 Å². The van der Waals surface area contributed by atoms with Gasteiger partial charge in [-0.05, 0) is 46.0 Å². The molecule has 1 aliphatic rings. The van der Waals surface area contributed by atoms with Gasteiger partial charge in [0.25, 0.3) is 0 Å². The Morgan fingerprint density at radius 1 is 1.50 bits per heavy atom. The summed E-state index contributed by atoms with van der Waals surface area (Å²) in [4.78, 5) is 9.07. The highest BCUT2D eigenvalue weighted by molar-refractivity contribution is 6.01. The fraction of sp³-hybridized carbons (Fsp3) is 0.571. The number of anilines is 1. The highest BCUT2D eigenvalue weighted by atomic mass is 16.4. The van der Waals surface area contributed by atoms with Gasteiger partial charge in [-0.25, -0.2) is 4.98 Å². The van der Waals surface area contributed by atoms with E-state index in [0.29, 0.717) is 11.6 Å². The van der Waals surface area contributed by atoms with Crippen molar-refractivity contribution in [3.05, 3.63) is 23.4 Å². The minimum absolute atomic E-state index is 0.111. The molecule has 1 aromatic rings. The van der Waals surface area contributed by atoms with Gasteiger partial charge < -0.3 is 20.7 Å². The third kappa shape index (κ3) is 3.01. The van der Waals surface area contributed by atoms with Gasteiger partial charge in [-0.2, -0.15) is 0 Å². The van der Waals surface area contributed by atoms with Crippen molar-refractivity contribution in [1.82, 2.24) is 9.88 Å². The van der Waals surface area contributed by atoms with Crippen molar-refractivity contribution in [3.8, 4) is 0 Å². The minimum atomic E-state index is 0.111. The van der Waals surface area contributed by atoms with Crippen LogP contribution in [0, 0.1) is 6.92 Å². The molecule has 1 aliphatic heterocycles. The second-order valence-electron chi connectivity index (χ2n) is 5.51. The number of rotatable bonds is 3. The Kier molecular flexibility index (Phi) is 4.44. The van der Waals surface area contributed by atoms with Crippen LogP contribution in [0.15, 0.2) is 17.3 Å². The molecule has 1 saturated heterocycles. The molecule has 0 aromatic carbocycles. The number of nitrogens with two attached hydrogens (primary N) is 1. The van der Waals surface area contributed by atoms with Crippen molar-refractivity contribution in [2.75, 3.05) is 32.1 Å². The topological polar surface area (TPSA) is 78.0 Å². The lowest BCUT2D eigenvalue weighted by Gasteiger charge is -2.37. The van der Waals surface area contributed by atoms with Gasteiger partial charge in [0.1, 0.15) is 5.82 Å². The fourth-order valence-corrected chi connectivity index (χ4v) is 2.61. The Labute approximate surface area is 119 Å². The molecule has 0 spiro atoms. The first kappa shape index (κ1) is 14.6. The molecular weight excluding hydrogens is 254 g/mol. The smallest absolute Gasteiger partial charge is 0.173 e. The number of aromatic nitrogens is 1. The predicted molar refractivity (Wildman–Crippen MR) is 80.4 cm³/mol. The van der Waals surface area contributed by atoms with Crippen molar-refractivity contribution in [2.45, 2.75) is 25.8 Å². The Morgan fingerprint density at radius 3 is 2.90 bits per heavy atom. The number of oxime groups is 1. The molecule has 110 valence electrons. The summed E-state index contributed by atoms with van der Waals surface area (Å²) in [5, 5.41) is 12.0. The summed E-state index contributed by atoms with van der Waals surface area (Å²) < 4.78 is 0. The zero-order valence-corrected chi connectivity index (χ0v) is 12.4. The summed E-state index contributed by atoms with van der Waals surface area (Å²) in [7, 11) is 4.20. The quantitative estimate of drug-likeness (QED) is 0.373. The Morgan fingerprint density at radius 2 is 2.25 bits per heavy atom. The van der Waals surface area contributed by atoms with E-state index in [1.54, 1.807) is 0 Å². The highest BCUT2D eigenvalue weighted by Crippen LogP contribution is 2.24. The fourth-order valence-electron chi connectivity index (χ4n) is 2.61. The zero-order chi connectivity index (χ0) is 14.7. The molecule has 0 radical (unpaired) electrons. The maximum absolute atomic E-state index is 8.93. The summed E-state index contributed by atoms with van der Waals surface area (Å²) in [6.45, 7) is 3.81. The Bertz CT molecular complexity index is 500. The van der Waals surface area contributed by atoms with Crippen molar-refractivity contribution in [1.29, 1.82) is 0 Å². The second kappa shape index (κ2) is 6.09. The van der Waals surface area contributed by atoms with Gasteiger partial charge in [0.2, 0.25) is 0 Å². The van der Waals surface area contributed by atoms with E-state index < -0.39 is 0 Å². The van der Waals surface area contributed by atoms with E-state index in [9.17, 15) is 0 Å². The molecule has 6 heteroatoms. The predicted octanol–water partition coefficient (Wildman–Crippen LogP) is 1.01. The first-order valence-corrected chi connectivity index (χ1v) is 6.90. The van der Waals surface area contributed by atoms with E-state index in [-0.39, 0.29) is 5.84 Å². The van der Waals surface area contributed by atoms with Gasteiger partial charge in [0, 0.05) is 24.8 Å². The second-order valence-corrected chi connectivity index (χ2v) is 5.51. The van der Waals surface area contributed by atoms with E-state index in [1.165, 1.54) is 6.42 Å². The average Bonchev–Trinajstić information content (AvgIpc) is 2.46. The largest absolute Gasteiger partial charge is 0.409 e. The molecule has 2 rings (SSSR count). The van der Waals surface area contributed by atoms with Crippen LogP contribution in [-0.2, 0) is 0 Å². The lowest BCUT2D eigenvalue weighted by molar-refractivity contribution is 0.257. The number of piperidine rings is 1. The van der Waals surface area contributed by atoms with Crippen molar-refractivity contribution < 1.29 is 5.21 Å². The molecule has 20 heavy (non-hydrogen) atoms. The first-order valence-electron chi connectivity index (χ1n) is 6.90. The van der Waals surface area contributed by atoms with Crippen LogP contribution in [0.1, 0.15) is 24.1 Å². The number of likely N-dealkylation sites (N-methyl/N-ethyl adjacent to an activating group) is 1. The van der Waals surface area contributed by atoms with Crippen molar-refractivity contribution >= 4 is 11.7 Å². The minimum Gasteiger partial charge on any atom is -0.409 e. The van der Waals surface area contributed by atoms with Crippen molar-refractivity contribution in [3.63, 3.8) is 0 Å². The van der Waals surface area contributed by atoms with Crippen LogP contribution in [0.4, 0.5) is 5.82 Å². The molecule has 3 N–H and O–H groups in total. The molecule has 2 heterocycles. The zero-order valence-electron chi connectivity index (χ0n) is 12.4.